The molecule has 3 fully saturated rings. The molecule has 2 amide bonds. The maximum Gasteiger partial charge on any atom is 0.317 e. The molecule has 0 aliphatic carbocycles. The van der Waals surface area contributed by atoms with Gasteiger partial charge in [0, 0.05) is 37.7 Å². The molecule has 3 saturated heterocycles. The number of likely N-dealkylation sites (tertiary alicyclic amines) is 1. The fraction of sp³-hybridized carbons (Fsp3) is 0.565. The summed E-state index contributed by atoms with van der Waals surface area (Å²) < 4.78 is 0. The van der Waals surface area contributed by atoms with Gasteiger partial charge in [-0.1, -0.05) is 17.7 Å². The Morgan fingerprint density at radius 2 is 1.84 bits per heavy atom. The van der Waals surface area contributed by atoms with E-state index in [1.807, 2.05) is 41.0 Å². The summed E-state index contributed by atoms with van der Waals surface area (Å²) in [6, 6.07) is 7.53. The van der Waals surface area contributed by atoms with Crippen molar-refractivity contribution in [1.82, 2.24) is 15.1 Å². The number of aryl methyl sites for hydroxylation is 1. The number of aliphatic carboxylic acids is 1. The first kappa shape index (κ1) is 23.7. The van der Waals surface area contributed by atoms with Crippen molar-refractivity contribution < 1.29 is 29.4 Å². The van der Waals surface area contributed by atoms with E-state index < -0.39 is 5.97 Å². The van der Waals surface area contributed by atoms with Crippen LogP contribution in [0.4, 0.5) is 0 Å². The van der Waals surface area contributed by atoms with E-state index in [0.717, 1.165) is 31.4 Å². The van der Waals surface area contributed by atoms with Crippen LogP contribution in [0, 0.1) is 18.8 Å². The van der Waals surface area contributed by atoms with E-state index in [1.165, 1.54) is 0 Å². The second-order valence-electron chi connectivity index (χ2n) is 8.85. The van der Waals surface area contributed by atoms with E-state index in [2.05, 4.69) is 5.32 Å². The number of rotatable bonds is 5. The van der Waals surface area contributed by atoms with Crippen molar-refractivity contribution in [1.29, 1.82) is 0 Å². The molecular weight excluding hydrogens is 414 g/mol. The quantitative estimate of drug-likeness (QED) is 0.582. The second kappa shape index (κ2) is 10.6. The van der Waals surface area contributed by atoms with Crippen LogP contribution in [0.3, 0.4) is 0 Å². The third kappa shape index (κ3) is 5.45. The lowest BCUT2D eigenvalue weighted by atomic mass is 9.72. The summed E-state index contributed by atoms with van der Waals surface area (Å²) in [7, 11) is 0. The van der Waals surface area contributed by atoms with Gasteiger partial charge in [0.15, 0.2) is 0 Å². The van der Waals surface area contributed by atoms with Crippen LogP contribution in [0.25, 0.3) is 0 Å². The lowest BCUT2D eigenvalue weighted by Crippen LogP contribution is -2.67. The number of carboxylic acids is 1. The number of nitrogens with one attached hydrogen (secondary N) is 1. The first-order chi connectivity index (χ1) is 15.3. The summed E-state index contributed by atoms with van der Waals surface area (Å²) in [6.45, 7) is 3.57. The monoisotopic (exact) mass is 445 g/mol. The van der Waals surface area contributed by atoms with E-state index in [0.29, 0.717) is 31.0 Å². The maximum absolute atomic E-state index is 12.8. The molecule has 32 heavy (non-hydrogen) atoms. The molecule has 3 aliphatic heterocycles. The van der Waals surface area contributed by atoms with Crippen molar-refractivity contribution in [3.8, 4) is 0 Å². The van der Waals surface area contributed by atoms with Gasteiger partial charge in [-0.25, -0.2) is 0 Å². The van der Waals surface area contributed by atoms with Gasteiger partial charge in [0.2, 0.25) is 5.91 Å². The van der Waals surface area contributed by atoms with Crippen LogP contribution in [-0.2, 0) is 14.4 Å². The standard InChI is InChI=1S/C22H29N3O4.CH2O2/c1-14-5-7-15(8-6-14)22(29)23-10-19-17-9-16(11-24(12-17)13-21(27)28)18-3-2-4-20(26)25(18)19;2-1-3/h5-8,16-19H,2-4,9-13H2,1H3,(H,23,29)(H,27,28);1H,(H,2,3)/t16-,17+,18+,19+;/m1./s1. The number of carboxylic acid groups (broad SMARTS) is 2. The van der Waals surface area contributed by atoms with E-state index in [4.69, 9.17) is 9.90 Å². The van der Waals surface area contributed by atoms with Crippen LogP contribution < -0.4 is 5.32 Å². The smallest absolute Gasteiger partial charge is 0.317 e. The summed E-state index contributed by atoms with van der Waals surface area (Å²) in [4.78, 5) is 49.0. The Labute approximate surface area is 187 Å². The minimum atomic E-state index is -0.814. The lowest BCUT2D eigenvalue weighted by Gasteiger charge is -2.56. The van der Waals surface area contributed by atoms with E-state index >= 15 is 0 Å². The third-order valence-corrected chi connectivity index (χ3v) is 6.72. The van der Waals surface area contributed by atoms with Gasteiger partial charge in [0.05, 0.1) is 12.6 Å². The van der Waals surface area contributed by atoms with E-state index in [9.17, 15) is 19.5 Å². The van der Waals surface area contributed by atoms with Gasteiger partial charge in [0.1, 0.15) is 0 Å². The summed E-state index contributed by atoms with van der Waals surface area (Å²) in [6.07, 6.45) is 3.42. The van der Waals surface area contributed by atoms with Gasteiger partial charge >= 0.3 is 5.97 Å². The zero-order chi connectivity index (χ0) is 23.3. The number of carbonyl (C=O) groups excluding carboxylic acids is 2. The Morgan fingerprint density at radius 3 is 2.50 bits per heavy atom. The molecule has 4 rings (SSSR count). The zero-order valence-corrected chi connectivity index (χ0v) is 18.3. The largest absolute Gasteiger partial charge is 0.483 e. The first-order valence-corrected chi connectivity index (χ1v) is 11.0. The average Bonchev–Trinajstić information content (AvgIpc) is 2.74. The number of hydrogen-bond acceptors (Lipinski definition) is 5. The van der Waals surface area contributed by atoms with Gasteiger partial charge in [0.25, 0.3) is 12.4 Å². The SMILES string of the molecule is Cc1ccc(C(=O)NC[C@H]2[C@H]3C[C@H](CN(CC(=O)O)C3)[C@@H]3CCCC(=O)N32)cc1.O=CO. The molecular formula is C23H31N3O6. The molecule has 0 unspecified atom stereocenters. The zero-order valence-electron chi connectivity index (χ0n) is 18.3. The highest BCUT2D eigenvalue weighted by molar-refractivity contribution is 5.94. The van der Waals surface area contributed by atoms with Crippen LogP contribution in [0.15, 0.2) is 24.3 Å². The Bertz CT molecular complexity index is 843. The topological polar surface area (TPSA) is 127 Å². The average molecular weight is 446 g/mol. The number of fused-ring (bicyclic) bond motifs is 4. The van der Waals surface area contributed by atoms with Gasteiger partial charge < -0.3 is 20.4 Å². The highest BCUT2D eigenvalue weighted by Crippen LogP contribution is 2.41. The molecule has 3 aliphatic rings. The van der Waals surface area contributed by atoms with Gasteiger partial charge in [-0.3, -0.25) is 24.1 Å². The normalized spacial score (nSPS) is 26.9. The van der Waals surface area contributed by atoms with Crippen LogP contribution >= 0.6 is 0 Å². The van der Waals surface area contributed by atoms with Crippen molar-refractivity contribution in [2.24, 2.45) is 11.8 Å². The Hall–Kier alpha value is -2.94. The molecule has 1 aromatic rings. The maximum atomic E-state index is 12.8. The van der Waals surface area contributed by atoms with E-state index in [1.54, 1.807) is 0 Å². The second-order valence-corrected chi connectivity index (χ2v) is 8.85. The van der Waals surface area contributed by atoms with Crippen molar-refractivity contribution >= 4 is 24.3 Å². The molecule has 174 valence electrons. The molecule has 3 heterocycles. The Balaban J connectivity index is 0.000000913. The fourth-order valence-electron chi connectivity index (χ4n) is 5.46. The number of amides is 2. The summed E-state index contributed by atoms with van der Waals surface area (Å²) in [5, 5.41) is 19.1. The predicted octanol–water partition coefficient (Wildman–Crippen LogP) is 1.21. The highest BCUT2D eigenvalue weighted by atomic mass is 16.4. The molecule has 9 heteroatoms. The minimum absolute atomic E-state index is 0.0378. The number of hydrogen-bond donors (Lipinski definition) is 3. The Morgan fingerprint density at radius 1 is 1.19 bits per heavy atom. The number of benzene rings is 1. The molecule has 1 aromatic carbocycles. The van der Waals surface area contributed by atoms with Crippen molar-refractivity contribution in [2.45, 2.75) is 44.7 Å². The highest BCUT2D eigenvalue weighted by Gasteiger charge is 2.49. The van der Waals surface area contributed by atoms with Crippen molar-refractivity contribution in [2.75, 3.05) is 26.2 Å². The predicted molar refractivity (Wildman–Crippen MR) is 116 cm³/mol. The summed E-state index contributed by atoms with van der Waals surface area (Å²) in [5.74, 6) is -0.263. The molecule has 4 atom stereocenters. The minimum Gasteiger partial charge on any atom is -0.483 e. The van der Waals surface area contributed by atoms with Gasteiger partial charge in [-0.05, 0) is 50.2 Å². The molecule has 0 saturated carbocycles. The third-order valence-electron chi connectivity index (χ3n) is 6.72. The molecule has 0 radical (unpaired) electrons. The molecule has 2 bridgehead atoms. The van der Waals surface area contributed by atoms with Crippen LogP contribution in [-0.4, -0.2) is 82.5 Å². The summed E-state index contributed by atoms with van der Waals surface area (Å²) >= 11 is 0. The van der Waals surface area contributed by atoms with Gasteiger partial charge in [-0.2, -0.15) is 0 Å². The fourth-order valence-corrected chi connectivity index (χ4v) is 5.46. The van der Waals surface area contributed by atoms with Crippen LogP contribution in [0.2, 0.25) is 0 Å². The summed E-state index contributed by atoms with van der Waals surface area (Å²) in [5.41, 5.74) is 1.71. The van der Waals surface area contributed by atoms with Crippen LogP contribution in [0.5, 0.6) is 0 Å². The van der Waals surface area contributed by atoms with Crippen LogP contribution in [0.1, 0.15) is 41.6 Å². The molecule has 0 aromatic heterocycles. The van der Waals surface area contributed by atoms with Crippen molar-refractivity contribution in [3.63, 3.8) is 0 Å². The first-order valence-electron chi connectivity index (χ1n) is 11.0. The molecule has 3 N–H and O–H groups in total. The van der Waals surface area contributed by atoms with Crippen molar-refractivity contribution in [3.05, 3.63) is 35.4 Å². The number of nitrogens with zero attached hydrogens (tertiary/aromatic N) is 2. The number of carbonyl (C=O) groups is 4. The van der Waals surface area contributed by atoms with Gasteiger partial charge in [-0.15, -0.1) is 0 Å². The van der Waals surface area contributed by atoms with E-state index in [-0.39, 0.29) is 42.8 Å². The molecule has 0 spiro atoms. The Kier molecular flexibility index (Phi) is 7.84. The number of piperidine rings is 3. The lowest BCUT2D eigenvalue weighted by molar-refractivity contribution is -0.154. The molecule has 9 nitrogen and oxygen atoms in total.